The summed E-state index contributed by atoms with van der Waals surface area (Å²) in [6.07, 6.45) is 0. The maximum absolute atomic E-state index is 8.75. The van der Waals surface area contributed by atoms with E-state index in [1.54, 1.807) is 0 Å². The monoisotopic (exact) mass is 264 g/mol. The van der Waals surface area contributed by atoms with Gasteiger partial charge < -0.3 is 0 Å². The van der Waals surface area contributed by atoms with Crippen LogP contribution in [0.15, 0.2) is 0 Å². The van der Waals surface area contributed by atoms with Gasteiger partial charge in [-0.15, -0.1) is 0 Å². The van der Waals surface area contributed by atoms with E-state index in [4.69, 9.17) is 4.39 Å². The Kier molecular flexibility index (Phi) is 81.8. The van der Waals surface area contributed by atoms with Crippen LogP contribution >= 0.6 is 0 Å². The molecule has 0 atom stereocenters. The molecule has 0 aromatic rings. The van der Waals surface area contributed by atoms with Crippen molar-refractivity contribution in [1.29, 1.82) is 0 Å². The Morgan fingerprint density at radius 1 is 1.25 bits per heavy atom. The van der Waals surface area contributed by atoms with Crippen molar-refractivity contribution in [2.24, 2.45) is 0 Å². The zero-order valence-electron chi connectivity index (χ0n) is 1.83. The number of rotatable bonds is 0. The molecule has 0 heterocycles. The largest absolute Gasteiger partial charge is 0.232 e. The molecule has 0 aromatic heterocycles. The van der Waals surface area contributed by atoms with Gasteiger partial charge in [-0.1, -0.05) is 0 Å². The zero-order valence-corrected chi connectivity index (χ0v) is 7.16. The smallest absolute Gasteiger partial charge is 0.232 e. The van der Waals surface area contributed by atoms with Gasteiger partial charge in [0.15, 0.2) is 0 Å². The second kappa shape index (κ2) is 19.7. The number of hydrogen-bond acceptors (Lipinski definition) is 0. The van der Waals surface area contributed by atoms with Crippen LogP contribution in [0.1, 0.15) is 0 Å². The summed E-state index contributed by atoms with van der Waals surface area (Å²) in [5.41, 5.74) is 0. The van der Waals surface area contributed by atoms with Gasteiger partial charge in [0.25, 0.3) is 0 Å². The molecule has 0 aliphatic rings. The van der Waals surface area contributed by atoms with Crippen LogP contribution in [-0.4, -0.2) is 0 Å². The normalized spacial score (nSPS) is 1.50. The minimum atomic E-state index is 0. The van der Waals surface area contributed by atoms with Gasteiger partial charge in [-0.3, -0.25) is 0 Å². The van der Waals surface area contributed by atoms with E-state index in [1.165, 1.54) is 0 Å². The summed E-state index contributed by atoms with van der Waals surface area (Å²) in [6.45, 7) is 0. The quantitative estimate of drug-likeness (QED) is 0.559. The van der Waals surface area contributed by atoms with E-state index >= 15 is 0 Å². The Morgan fingerprint density at radius 2 is 1.25 bits per heavy atom. The molecule has 4 radical (unpaired) electrons. The molecule has 0 aromatic carbocycles. The van der Waals surface area contributed by atoms with E-state index in [0.29, 0.717) is 0 Å². The molecular formula is CCeFNb. The molecule has 0 fully saturated rings. The van der Waals surface area contributed by atoms with Crippen LogP contribution in [0.25, 0.3) is 0 Å². The standard InChI is InChI=1S/CF.Ce.Nb/c1-2;;. The Balaban J connectivity index is -0.00000000500. The Labute approximate surface area is 74.4 Å². The molecule has 0 saturated heterocycles. The van der Waals surface area contributed by atoms with Crippen molar-refractivity contribution in [2.45, 2.75) is 0 Å². The zero-order chi connectivity index (χ0) is 2.00. The van der Waals surface area contributed by atoms with Crippen molar-refractivity contribution >= 4 is 0 Å². The van der Waals surface area contributed by atoms with Gasteiger partial charge >= 0.3 is 0 Å². The number of hydrogen-bond donors (Lipinski definition) is 0. The minimum absolute atomic E-state index is 0. The van der Waals surface area contributed by atoms with Crippen LogP contribution in [0, 0.1) is 48.9 Å². The first-order valence-corrected chi connectivity index (χ1v) is 0.189. The summed E-state index contributed by atoms with van der Waals surface area (Å²) in [5.74, 6) is 0. The van der Waals surface area contributed by atoms with Crippen LogP contribution in [-0.2, 0) is 22.4 Å². The van der Waals surface area contributed by atoms with Crippen LogP contribution in [0.2, 0.25) is 0 Å². The van der Waals surface area contributed by atoms with Crippen molar-refractivity contribution < 1.29 is 68.5 Å². The Bertz CT molecular complexity index is 8.00. The van der Waals surface area contributed by atoms with Crippen molar-refractivity contribution in [3.8, 4) is 0 Å². The SMILES string of the molecule is [C]F.[Ce].[Nb]. The predicted molar refractivity (Wildman–Crippen MR) is 4.35 cm³/mol. The molecule has 0 saturated carbocycles. The summed E-state index contributed by atoms with van der Waals surface area (Å²) < 4.78 is 8.75. The van der Waals surface area contributed by atoms with Crippen LogP contribution in [0.5, 0.6) is 0 Å². The molecule has 0 rings (SSSR count). The van der Waals surface area contributed by atoms with E-state index < -0.39 is 0 Å². The van der Waals surface area contributed by atoms with Gasteiger partial charge in [-0.25, -0.2) is 4.39 Å². The Morgan fingerprint density at radius 3 is 1.25 bits per heavy atom. The second-order valence-electron chi connectivity index (χ2n) is 0. The van der Waals surface area contributed by atoms with Gasteiger partial charge in [0.05, 0.1) is 0 Å². The second-order valence-corrected chi connectivity index (χ2v) is 0. The molecule has 0 amide bonds. The summed E-state index contributed by atoms with van der Waals surface area (Å²) in [5, 5.41) is 0. The molecular weight excluding hydrogens is 264 g/mol. The fourth-order valence-electron chi connectivity index (χ4n) is 0. The van der Waals surface area contributed by atoms with Gasteiger partial charge in [0.2, 0.25) is 7.18 Å². The van der Waals surface area contributed by atoms with Crippen LogP contribution < -0.4 is 0 Å². The predicted octanol–water partition coefficient (Wildman–Crippen LogP) is 0.499. The maximum atomic E-state index is 8.75. The summed E-state index contributed by atoms with van der Waals surface area (Å²) >= 11 is 0. The fourth-order valence-corrected chi connectivity index (χ4v) is 0. The molecule has 0 aliphatic carbocycles. The molecule has 4 heavy (non-hydrogen) atoms. The van der Waals surface area contributed by atoms with E-state index in [1.807, 2.05) is 0 Å². The van der Waals surface area contributed by atoms with E-state index in [-0.39, 0.29) is 64.1 Å². The van der Waals surface area contributed by atoms with E-state index in [9.17, 15) is 0 Å². The first-order chi connectivity index (χ1) is 1.00. The van der Waals surface area contributed by atoms with Crippen LogP contribution in [0.3, 0.4) is 0 Å². The maximum Gasteiger partial charge on any atom is 0.232 e. The molecule has 20 valence electrons. The third-order valence-corrected chi connectivity index (χ3v) is 0. The molecule has 0 bridgehead atoms. The van der Waals surface area contributed by atoms with Crippen molar-refractivity contribution in [3.05, 3.63) is 7.18 Å². The molecule has 0 spiro atoms. The van der Waals surface area contributed by atoms with Gasteiger partial charge in [-0.2, -0.15) is 0 Å². The third kappa shape index (κ3) is 8.97. The number of halogens is 1. The first kappa shape index (κ1) is 16.6. The Hall–Kier alpha value is 2.05. The molecule has 0 aliphatic heterocycles. The summed E-state index contributed by atoms with van der Waals surface area (Å²) in [4.78, 5) is 0. The molecule has 0 unspecified atom stereocenters. The average molecular weight is 264 g/mol. The minimum Gasteiger partial charge on any atom is -0.232 e. The van der Waals surface area contributed by atoms with Crippen molar-refractivity contribution in [2.75, 3.05) is 0 Å². The van der Waals surface area contributed by atoms with Gasteiger partial charge in [-0.05, 0) is 0 Å². The first-order valence-electron chi connectivity index (χ1n) is 0.189. The van der Waals surface area contributed by atoms with E-state index in [2.05, 4.69) is 7.18 Å². The third-order valence-electron chi connectivity index (χ3n) is 0. The average Bonchev–Trinajstić information content (AvgIpc) is 1.00. The van der Waals surface area contributed by atoms with Crippen molar-refractivity contribution in [1.82, 2.24) is 0 Å². The van der Waals surface area contributed by atoms with Crippen molar-refractivity contribution in [3.63, 3.8) is 0 Å². The summed E-state index contributed by atoms with van der Waals surface area (Å²) in [7, 11) is 4.25. The topological polar surface area (TPSA) is 0 Å². The van der Waals surface area contributed by atoms with Crippen LogP contribution in [0.4, 0.5) is 4.39 Å². The molecule has 3 heteroatoms. The summed E-state index contributed by atoms with van der Waals surface area (Å²) in [6, 6.07) is 0. The fraction of sp³-hybridized carbons (Fsp3) is 0. The molecule has 0 N–H and O–H groups in total. The van der Waals surface area contributed by atoms with Gasteiger partial charge in [0, 0.05) is 64.1 Å². The van der Waals surface area contributed by atoms with E-state index in [0.717, 1.165) is 0 Å². The van der Waals surface area contributed by atoms with Gasteiger partial charge in [0.1, 0.15) is 0 Å². The molecule has 0 nitrogen and oxygen atoms in total.